The van der Waals surface area contributed by atoms with Gasteiger partial charge in [-0.2, -0.15) is 0 Å². The van der Waals surface area contributed by atoms with Crippen molar-refractivity contribution in [2.45, 2.75) is 37.6 Å². The molecule has 1 saturated heterocycles. The molecule has 202 valence electrons. The van der Waals surface area contributed by atoms with Crippen LogP contribution in [0.3, 0.4) is 0 Å². The molecule has 0 unspecified atom stereocenters. The molecule has 0 bridgehead atoms. The number of rotatable bonds is 7. The molecule has 3 heterocycles. The SMILES string of the molecule is CC(C)[C@H](C(=O)N1CCN(c2ccc(S(=O)(=O)Nc3nccs3)cc2)C(=O)C1)N1CCCc2ccccc21.[HH]. The molecule has 2 amide bonds. The first-order valence-electron chi connectivity index (χ1n) is 12.7. The van der Waals surface area contributed by atoms with Crippen LogP contribution in [0.25, 0.3) is 0 Å². The molecule has 1 atom stereocenters. The van der Waals surface area contributed by atoms with E-state index in [0.29, 0.717) is 18.8 Å². The molecule has 0 spiro atoms. The van der Waals surface area contributed by atoms with Gasteiger partial charge >= 0.3 is 0 Å². The first-order chi connectivity index (χ1) is 18.2. The number of para-hydroxylation sites is 1. The Morgan fingerprint density at radius 2 is 1.84 bits per heavy atom. The number of amides is 2. The molecule has 0 saturated carbocycles. The fraction of sp³-hybridized carbons (Fsp3) is 0.370. The van der Waals surface area contributed by atoms with E-state index in [4.69, 9.17) is 0 Å². The first-order valence-corrected chi connectivity index (χ1v) is 15.1. The predicted molar refractivity (Wildman–Crippen MR) is 151 cm³/mol. The number of benzene rings is 2. The molecule has 1 N–H and O–H groups in total. The highest BCUT2D eigenvalue weighted by molar-refractivity contribution is 7.93. The molecule has 9 nitrogen and oxygen atoms in total. The van der Waals surface area contributed by atoms with Crippen molar-refractivity contribution >= 4 is 49.7 Å². The minimum Gasteiger partial charge on any atom is -0.359 e. The molecule has 2 aliphatic rings. The maximum atomic E-state index is 13.8. The number of nitrogens with zero attached hydrogens (tertiary/aromatic N) is 4. The number of aryl methyl sites for hydroxylation is 1. The highest BCUT2D eigenvalue weighted by atomic mass is 32.2. The number of nitrogens with one attached hydrogen (secondary N) is 1. The quantitative estimate of drug-likeness (QED) is 0.475. The largest absolute Gasteiger partial charge is 0.359 e. The number of hydrogen-bond donors (Lipinski definition) is 1. The number of thiazole rings is 1. The van der Waals surface area contributed by atoms with Gasteiger partial charge < -0.3 is 14.7 Å². The summed E-state index contributed by atoms with van der Waals surface area (Å²) in [6, 6.07) is 14.1. The molecular weight excluding hydrogens is 522 g/mol. The molecular formula is C27H33N5O4S2. The summed E-state index contributed by atoms with van der Waals surface area (Å²) in [4.78, 5) is 36.4. The highest BCUT2D eigenvalue weighted by Crippen LogP contribution is 2.32. The third-order valence-electron chi connectivity index (χ3n) is 7.01. The standard InChI is InChI=1S/C27H31N5O4S2.H2/c1-19(2)25(32-14-5-7-20-6-3-4-8-23(20)32)26(34)30-15-16-31(24(33)18-30)21-9-11-22(12-10-21)38(35,36)29-27-28-13-17-37-27;/h3-4,6,8-13,17,19,25H,5,7,14-16,18H2,1-2H3,(H,28,29);1H/t25-;/m1./s1. The normalized spacial score (nSPS) is 16.9. The second-order valence-electron chi connectivity index (χ2n) is 9.86. The van der Waals surface area contributed by atoms with Crippen molar-refractivity contribution in [1.82, 2.24) is 9.88 Å². The van der Waals surface area contributed by atoms with Crippen LogP contribution < -0.4 is 14.5 Å². The van der Waals surface area contributed by atoms with Gasteiger partial charge in [0.1, 0.15) is 12.6 Å². The van der Waals surface area contributed by atoms with Crippen molar-refractivity contribution in [3.8, 4) is 0 Å². The number of anilines is 3. The van der Waals surface area contributed by atoms with Crippen LogP contribution in [0.4, 0.5) is 16.5 Å². The molecule has 0 aliphatic carbocycles. The average Bonchev–Trinajstić information content (AvgIpc) is 3.41. The Morgan fingerprint density at radius 1 is 1.08 bits per heavy atom. The first kappa shape index (κ1) is 26.2. The van der Waals surface area contributed by atoms with E-state index in [2.05, 4.69) is 40.6 Å². The number of hydrogen-bond acceptors (Lipinski definition) is 7. The number of aromatic nitrogens is 1. The molecule has 11 heteroatoms. The minimum atomic E-state index is -3.78. The van der Waals surface area contributed by atoms with E-state index in [1.807, 2.05) is 12.1 Å². The second kappa shape index (κ2) is 10.7. The van der Waals surface area contributed by atoms with Gasteiger partial charge in [0.2, 0.25) is 11.8 Å². The minimum absolute atomic E-state index is 0. The van der Waals surface area contributed by atoms with Crippen LogP contribution in [0.15, 0.2) is 65.0 Å². The Labute approximate surface area is 228 Å². The van der Waals surface area contributed by atoms with E-state index < -0.39 is 10.0 Å². The molecule has 5 rings (SSSR count). The van der Waals surface area contributed by atoms with Crippen molar-refractivity contribution < 1.29 is 19.4 Å². The van der Waals surface area contributed by atoms with Gasteiger partial charge in [0.25, 0.3) is 10.0 Å². The Balaban J connectivity index is 0.00000353. The van der Waals surface area contributed by atoms with Crippen molar-refractivity contribution in [3.05, 3.63) is 65.7 Å². The van der Waals surface area contributed by atoms with Crippen molar-refractivity contribution in [1.29, 1.82) is 0 Å². The number of carbonyl (C=O) groups is 2. The third-order valence-corrected chi connectivity index (χ3v) is 9.18. The van der Waals surface area contributed by atoms with Crippen molar-refractivity contribution in [2.75, 3.05) is 40.7 Å². The summed E-state index contributed by atoms with van der Waals surface area (Å²) < 4.78 is 27.7. The van der Waals surface area contributed by atoms with Gasteiger partial charge in [-0.25, -0.2) is 13.4 Å². The fourth-order valence-electron chi connectivity index (χ4n) is 5.20. The van der Waals surface area contributed by atoms with Gasteiger partial charge in [0, 0.05) is 44.0 Å². The molecule has 2 aliphatic heterocycles. The Hall–Kier alpha value is -3.44. The summed E-state index contributed by atoms with van der Waals surface area (Å²) in [5.41, 5.74) is 2.96. The molecule has 3 aromatic rings. The maximum absolute atomic E-state index is 13.8. The van der Waals surface area contributed by atoms with E-state index in [9.17, 15) is 18.0 Å². The average molecular weight is 556 g/mol. The van der Waals surface area contributed by atoms with Gasteiger partial charge in [-0.1, -0.05) is 32.0 Å². The van der Waals surface area contributed by atoms with Crippen LogP contribution in [-0.2, 0) is 26.0 Å². The Bertz CT molecular complexity index is 1410. The zero-order valence-electron chi connectivity index (χ0n) is 21.4. The van der Waals surface area contributed by atoms with Gasteiger partial charge in [-0.05, 0) is 54.7 Å². The molecule has 2 aromatic carbocycles. The van der Waals surface area contributed by atoms with Gasteiger partial charge in [-0.15, -0.1) is 11.3 Å². The van der Waals surface area contributed by atoms with E-state index in [0.717, 1.165) is 25.1 Å². The summed E-state index contributed by atoms with van der Waals surface area (Å²) in [5.74, 6) is -0.142. The molecule has 38 heavy (non-hydrogen) atoms. The van der Waals surface area contributed by atoms with E-state index >= 15 is 0 Å². The zero-order valence-corrected chi connectivity index (χ0v) is 23.0. The number of piperazine rings is 1. The Morgan fingerprint density at radius 3 is 2.53 bits per heavy atom. The summed E-state index contributed by atoms with van der Waals surface area (Å²) >= 11 is 1.19. The van der Waals surface area contributed by atoms with E-state index in [-0.39, 0.29) is 41.8 Å². The Kier molecular flexibility index (Phi) is 7.40. The summed E-state index contributed by atoms with van der Waals surface area (Å²) in [6.07, 6.45) is 3.52. The van der Waals surface area contributed by atoms with Crippen LogP contribution in [0.2, 0.25) is 0 Å². The lowest BCUT2D eigenvalue weighted by molar-refractivity contribution is -0.138. The fourth-order valence-corrected chi connectivity index (χ4v) is 6.99. The van der Waals surface area contributed by atoms with Crippen LogP contribution in [-0.4, -0.2) is 62.3 Å². The second-order valence-corrected chi connectivity index (χ2v) is 12.4. The summed E-state index contributed by atoms with van der Waals surface area (Å²) in [6.45, 7) is 5.66. The lowest BCUT2D eigenvalue weighted by atomic mass is 9.94. The van der Waals surface area contributed by atoms with E-state index in [1.165, 1.54) is 35.2 Å². The lowest BCUT2D eigenvalue weighted by Crippen LogP contribution is -2.59. The summed E-state index contributed by atoms with van der Waals surface area (Å²) in [5, 5.41) is 1.98. The van der Waals surface area contributed by atoms with E-state index in [1.54, 1.807) is 27.3 Å². The van der Waals surface area contributed by atoms with Gasteiger partial charge in [-0.3, -0.25) is 14.3 Å². The maximum Gasteiger partial charge on any atom is 0.263 e. The summed E-state index contributed by atoms with van der Waals surface area (Å²) in [7, 11) is -3.78. The highest BCUT2D eigenvalue weighted by Gasteiger charge is 2.37. The van der Waals surface area contributed by atoms with Crippen LogP contribution >= 0.6 is 11.3 Å². The van der Waals surface area contributed by atoms with Crippen molar-refractivity contribution in [2.24, 2.45) is 5.92 Å². The van der Waals surface area contributed by atoms with Gasteiger partial charge in [0.05, 0.1) is 4.90 Å². The van der Waals surface area contributed by atoms with Crippen LogP contribution in [0, 0.1) is 5.92 Å². The van der Waals surface area contributed by atoms with Crippen molar-refractivity contribution in [3.63, 3.8) is 0 Å². The smallest absolute Gasteiger partial charge is 0.263 e. The molecule has 1 aromatic heterocycles. The lowest BCUT2D eigenvalue weighted by Gasteiger charge is -2.43. The molecule has 0 radical (unpaired) electrons. The number of carbonyl (C=O) groups excluding carboxylic acids is 2. The zero-order chi connectivity index (χ0) is 26.9. The number of sulfonamides is 1. The number of fused-ring (bicyclic) bond motifs is 1. The molecule has 1 fully saturated rings. The van der Waals surface area contributed by atoms with Crippen LogP contribution in [0.5, 0.6) is 0 Å². The topological polar surface area (TPSA) is 103 Å². The van der Waals surface area contributed by atoms with Gasteiger partial charge in [0.15, 0.2) is 5.13 Å². The monoisotopic (exact) mass is 555 g/mol. The third kappa shape index (κ3) is 5.25. The van der Waals surface area contributed by atoms with Crippen LogP contribution in [0.1, 0.15) is 27.3 Å². The predicted octanol–water partition coefficient (Wildman–Crippen LogP) is 3.84.